The summed E-state index contributed by atoms with van der Waals surface area (Å²) in [5, 5.41) is 0.824. The van der Waals surface area contributed by atoms with Crippen molar-refractivity contribution in [1.29, 1.82) is 0 Å². The Morgan fingerprint density at radius 1 is 1.23 bits per heavy atom. The molecule has 0 aliphatic rings. The van der Waals surface area contributed by atoms with Gasteiger partial charge in [-0.2, -0.15) is 8.42 Å². The van der Waals surface area contributed by atoms with Crippen LogP contribution in [0.15, 0.2) is 41.0 Å². The van der Waals surface area contributed by atoms with E-state index in [1.165, 1.54) is 36.4 Å². The maximum absolute atomic E-state index is 13.8. The Morgan fingerprint density at radius 2 is 1.97 bits per heavy atom. The Kier molecular flexibility index (Phi) is 6.42. The fourth-order valence-electron chi connectivity index (χ4n) is 2.94. The normalized spacial score (nSPS) is 11.9. The average molecular weight is 447 g/mol. The smallest absolute Gasteiger partial charge is 0.300 e. The van der Waals surface area contributed by atoms with E-state index in [1.54, 1.807) is 32.2 Å². The highest BCUT2D eigenvalue weighted by Crippen LogP contribution is 2.29. The van der Waals surface area contributed by atoms with Crippen molar-refractivity contribution in [3.8, 4) is 0 Å². The molecule has 0 aliphatic carbocycles. The summed E-state index contributed by atoms with van der Waals surface area (Å²) in [6, 6.07) is 6.20. The number of fused-ring (bicyclic) bond motifs is 1. The van der Waals surface area contributed by atoms with Crippen LogP contribution in [0.25, 0.3) is 17.0 Å². The van der Waals surface area contributed by atoms with E-state index >= 15 is 0 Å². The summed E-state index contributed by atoms with van der Waals surface area (Å²) >= 11 is 0. The van der Waals surface area contributed by atoms with Gasteiger partial charge in [-0.1, -0.05) is 0 Å². The third-order valence-corrected chi connectivity index (χ3v) is 5.87. The minimum atomic E-state index is -3.64. The first-order chi connectivity index (χ1) is 14.6. The number of carbonyl (C=O) groups excluding carboxylic acids is 1. The van der Waals surface area contributed by atoms with Crippen LogP contribution in [-0.4, -0.2) is 38.3 Å². The number of hydrogen-bond acceptors (Lipinski definition) is 5. The van der Waals surface area contributed by atoms with Crippen LogP contribution in [0.4, 0.5) is 10.2 Å². The van der Waals surface area contributed by atoms with Gasteiger partial charge in [0.1, 0.15) is 23.0 Å². The summed E-state index contributed by atoms with van der Waals surface area (Å²) in [6.45, 7) is 3.76. The van der Waals surface area contributed by atoms with Gasteiger partial charge in [-0.15, -0.1) is 0 Å². The molecule has 31 heavy (non-hydrogen) atoms. The predicted molar refractivity (Wildman–Crippen MR) is 117 cm³/mol. The zero-order chi connectivity index (χ0) is 22.8. The van der Waals surface area contributed by atoms with Crippen LogP contribution < -0.4 is 9.44 Å². The van der Waals surface area contributed by atoms with Crippen LogP contribution >= 0.6 is 0 Å². The lowest BCUT2D eigenvalue weighted by Crippen LogP contribution is -2.26. The van der Waals surface area contributed by atoms with Crippen LogP contribution in [0.3, 0.4) is 0 Å². The van der Waals surface area contributed by atoms with E-state index in [4.69, 9.17) is 4.42 Å². The van der Waals surface area contributed by atoms with Gasteiger partial charge in [0.25, 0.3) is 10.2 Å². The lowest BCUT2D eigenvalue weighted by atomic mass is 10.1. The van der Waals surface area contributed by atoms with Crippen molar-refractivity contribution in [1.82, 2.24) is 14.6 Å². The van der Waals surface area contributed by atoms with Crippen molar-refractivity contribution in [3.05, 3.63) is 64.8 Å². The molecule has 2 aromatic heterocycles. The monoisotopic (exact) mass is 446 g/mol. The maximum Gasteiger partial charge on any atom is 0.300 e. The van der Waals surface area contributed by atoms with Gasteiger partial charge in [0.15, 0.2) is 0 Å². The molecule has 1 amide bonds. The highest BCUT2D eigenvalue weighted by atomic mass is 32.2. The maximum atomic E-state index is 13.8. The molecular weight excluding hydrogens is 423 g/mol. The topological polar surface area (TPSA) is 105 Å². The minimum absolute atomic E-state index is 0.155. The molecule has 0 aliphatic heterocycles. The van der Waals surface area contributed by atoms with Crippen LogP contribution in [0.5, 0.6) is 0 Å². The number of pyridine rings is 1. The number of halogens is 1. The molecule has 8 nitrogen and oxygen atoms in total. The Labute approximate surface area is 179 Å². The summed E-state index contributed by atoms with van der Waals surface area (Å²) < 4.78 is 46.9. The molecule has 0 radical (unpaired) electrons. The predicted octanol–water partition coefficient (Wildman–Crippen LogP) is 3.13. The molecule has 10 heteroatoms. The van der Waals surface area contributed by atoms with Crippen molar-refractivity contribution in [2.75, 3.05) is 18.8 Å². The number of furan rings is 1. The summed E-state index contributed by atoms with van der Waals surface area (Å²) in [5.41, 5.74) is 2.42. The summed E-state index contributed by atoms with van der Waals surface area (Å²) in [4.78, 5) is 18.0. The van der Waals surface area contributed by atoms with Gasteiger partial charge in [-0.05, 0) is 49.8 Å². The van der Waals surface area contributed by atoms with Crippen molar-refractivity contribution < 1.29 is 22.0 Å². The average Bonchev–Trinajstić information content (AvgIpc) is 3.05. The summed E-state index contributed by atoms with van der Waals surface area (Å²) in [7, 11) is -0.717. The highest BCUT2D eigenvalue weighted by molar-refractivity contribution is 7.90. The van der Waals surface area contributed by atoms with Crippen molar-refractivity contribution >= 4 is 39.0 Å². The number of hydrogen-bond donors (Lipinski definition) is 2. The van der Waals surface area contributed by atoms with E-state index in [9.17, 15) is 17.6 Å². The number of aryl methyl sites for hydroxylation is 2. The molecule has 3 aromatic rings. The number of rotatable bonds is 7. The second-order valence-corrected chi connectivity index (χ2v) is 8.63. The molecule has 0 unspecified atom stereocenters. The molecule has 164 valence electrons. The first kappa shape index (κ1) is 22.4. The highest BCUT2D eigenvalue weighted by Gasteiger charge is 2.17. The number of likely N-dealkylation sites (N-methyl/N-ethyl adjacent to an activating group) is 1. The molecule has 0 atom stereocenters. The lowest BCUT2D eigenvalue weighted by molar-refractivity contribution is -0.125. The van der Waals surface area contributed by atoms with Crippen LogP contribution in [-0.2, 0) is 21.5 Å². The number of nitrogens with one attached hydrogen (secondary N) is 2. The number of carbonyl (C=O) groups is 1. The first-order valence-corrected chi connectivity index (χ1v) is 10.9. The zero-order valence-corrected chi connectivity index (χ0v) is 18.4. The third-order valence-electron chi connectivity index (χ3n) is 4.86. The standard InChI is InChI=1S/C21H23FN4O4S/c1-13-16-7-8-17(22)14(2)21(16)30-18(13)12-26(4)20(27)10-6-15-5-9-19(24-11-15)25-31(28,29)23-3/h5-11,23H,12H2,1-4H3,(H,24,25)/b10-6+. The zero-order valence-electron chi connectivity index (χ0n) is 17.6. The number of benzene rings is 1. The quantitative estimate of drug-likeness (QED) is 0.543. The molecule has 0 bridgehead atoms. The van der Waals surface area contributed by atoms with E-state index in [2.05, 4.69) is 14.4 Å². The molecule has 0 saturated heterocycles. The van der Waals surface area contributed by atoms with Crippen molar-refractivity contribution in [3.63, 3.8) is 0 Å². The minimum Gasteiger partial charge on any atom is -0.459 e. The number of amides is 1. The Bertz CT molecular complexity index is 1250. The van der Waals surface area contributed by atoms with E-state index in [1.807, 2.05) is 6.92 Å². The number of nitrogens with zero attached hydrogens (tertiary/aromatic N) is 2. The van der Waals surface area contributed by atoms with Gasteiger partial charge in [-0.3, -0.25) is 9.52 Å². The van der Waals surface area contributed by atoms with Crippen molar-refractivity contribution in [2.45, 2.75) is 20.4 Å². The van der Waals surface area contributed by atoms with Crippen LogP contribution in [0.1, 0.15) is 22.5 Å². The van der Waals surface area contributed by atoms with Crippen molar-refractivity contribution in [2.24, 2.45) is 0 Å². The van der Waals surface area contributed by atoms with E-state index in [-0.39, 0.29) is 24.1 Å². The molecule has 1 aromatic carbocycles. The van der Waals surface area contributed by atoms with Gasteiger partial charge in [-0.25, -0.2) is 14.1 Å². The summed E-state index contributed by atoms with van der Waals surface area (Å²) in [6.07, 6.45) is 4.41. The molecule has 2 heterocycles. The first-order valence-electron chi connectivity index (χ1n) is 9.39. The molecule has 3 rings (SSSR count). The van der Waals surface area contributed by atoms with E-state index in [0.717, 1.165) is 10.9 Å². The Balaban J connectivity index is 1.68. The fraction of sp³-hybridized carbons (Fsp3) is 0.238. The Morgan fingerprint density at radius 3 is 2.61 bits per heavy atom. The van der Waals surface area contributed by atoms with Gasteiger partial charge in [0.05, 0.1) is 6.54 Å². The second-order valence-electron chi connectivity index (χ2n) is 7.01. The van der Waals surface area contributed by atoms with Gasteiger partial charge in [0.2, 0.25) is 5.91 Å². The third kappa shape index (κ3) is 5.09. The number of anilines is 1. The SMILES string of the molecule is CNS(=O)(=O)Nc1ccc(/C=C/C(=O)N(C)Cc2oc3c(C)c(F)ccc3c2C)cn1. The molecule has 2 N–H and O–H groups in total. The van der Waals surface area contributed by atoms with Gasteiger partial charge < -0.3 is 9.32 Å². The molecular formula is C21H23FN4O4S. The molecule has 0 fully saturated rings. The fourth-order valence-corrected chi connectivity index (χ4v) is 3.43. The molecule has 0 spiro atoms. The number of aromatic nitrogens is 1. The van der Waals surface area contributed by atoms with Gasteiger partial charge >= 0.3 is 0 Å². The lowest BCUT2D eigenvalue weighted by Gasteiger charge is -2.13. The summed E-state index contributed by atoms with van der Waals surface area (Å²) in [5.74, 6) is 0.152. The van der Waals surface area contributed by atoms with Crippen LogP contribution in [0, 0.1) is 19.7 Å². The molecule has 0 saturated carbocycles. The van der Waals surface area contributed by atoms with Gasteiger partial charge in [0, 0.05) is 42.9 Å². The largest absolute Gasteiger partial charge is 0.459 e. The second kappa shape index (κ2) is 8.86. The van der Waals surface area contributed by atoms with Crippen LogP contribution in [0.2, 0.25) is 0 Å². The van der Waals surface area contributed by atoms with E-state index < -0.39 is 10.2 Å². The Hall–Kier alpha value is -3.24. The van der Waals surface area contributed by atoms with E-state index in [0.29, 0.717) is 22.5 Å².